The van der Waals surface area contributed by atoms with Crippen LogP contribution in [0.4, 0.5) is 0 Å². The zero-order valence-electron chi connectivity index (χ0n) is 7.41. The molecule has 0 saturated carbocycles. The number of halogens is 1. The van der Waals surface area contributed by atoms with E-state index in [1.165, 1.54) is 31.0 Å². The maximum Gasteiger partial charge on any atom is 0.125 e. The molecule has 0 atom stereocenters. The van der Waals surface area contributed by atoms with Gasteiger partial charge < -0.3 is 0 Å². The van der Waals surface area contributed by atoms with E-state index in [0.717, 1.165) is 0 Å². The zero-order valence-corrected chi connectivity index (χ0v) is 10.6. The van der Waals surface area contributed by atoms with E-state index in [1.54, 1.807) is 0 Å². The Morgan fingerprint density at radius 2 is 1.60 bits per heavy atom. The highest BCUT2D eigenvalue weighted by atomic mass is 127. The van der Waals surface area contributed by atoms with Crippen molar-refractivity contribution >= 4 is 27.4 Å². The average molecular weight is 270 g/mol. The van der Waals surface area contributed by atoms with E-state index in [9.17, 15) is 0 Å². The summed E-state index contributed by atoms with van der Waals surface area (Å²) in [4.78, 5) is 0. The lowest BCUT2D eigenvalue weighted by Crippen LogP contribution is -2.22. The number of hydrogen-bond donors (Lipinski definition) is 0. The van der Waals surface area contributed by atoms with Gasteiger partial charge in [0.25, 0.3) is 0 Å². The Morgan fingerprint density at radius 1 is 1.10 bits per heavy atom. The Morgan fingerprint density at radius 3 is 1.90 bits per heavy atom. The minimum Gasteiger partial charge on any atom is -0.119 e. The molecule has 0 spiro atoms. The van der Waals surface area contributed by atoms with Gasteiger partial charge in [-0.05, 0) is 6.04 Å². The van der Waals surface area contributed by atoms with Gasteiger partial charge in [-0.25, -0.2) is 0 Å². The summed E-state index contributed by atoms with van der Waals surface area (Å²) in [5.41, 5.74) is -0.748. The highest BCUT2D eigenvalue weighted by Gasteiger charge is 2.23. The van der Waals surface area contributed by atoms with Crippen molar-refractivity contribution < 1.29 is 0 Å². The summed E-state index contributed by atoms with van der Waals surface area (Å²) in [5.74, 6) is 0. The van der Waals surface area contributed by atoms with E-state index in [4.69, 9.17) is 0 Å². The largest absolute Gasteiger partial charge is 0.125 e. The molecule has 0 aliphatic heterocycles. The van der Waals surface area contributed by atoms with Crippen molar-refractivity contribution in [1.29, 1.82) is 0 Å². The van der Waals surface area contributed by atoms with E-state index in [2.05, 4.69) is 42.6 Å². The fourth-order valence-corrected chi connectivity index (χ4v) is 4.44. The Balaban J connectivity index is 3.58. The molecule has 0 rings (SSSR count). The first-order valence-electron chi connectivity index (χ1n) is 4.37. The van der Waals surface area contributed by atoms with Gasteiger partial charge in [0.15, 0.2) is 0 Å². The quantitative estimate of drug-likeness (QED) is 0.399. The first-order valence-corrected chi connectivity index (χ1v) is 10.1. The summed E-state index contributed by atoms with van der Waals surface area (Å²) in [7, 11) is 0. The van der Waals surface area contributed by atoms with Crippen molar-refractivity contribution in [2.24, 2.45) is 0 Å². The molecule has 62 valence electrons. The van der Waals surface area contributed by atoms with E-state index < -0.39 is 5.57 Å². The molecule has 0 amide bonds. The van der Waals surface area contributed by atoms with Gasteiger partial charge in [-0.1, -0.05) is 45.7 Å². The van der Waals surface area contributed by atoms with Crippen LogP contribution in [0.2, 0.25) is 18.1 Å². The van der Waals surface area contributed by atoms with Crippen LogP contribution in [0, 0.1) is 0 Å². The second kappa shape index (κ2) is 5.58. The molecule has 0 radical (unpaired) electrons. The first-order chi connectivity index (χ1) is 4.68. The molecule has 0 fully saturated rings. The molecule has 0 aromatic heterocycles. The fourth-order valence-electron chi connectivity index (χ4n) is 1.10. The third-order valence-corrected chi connectivity index (χ3v) is 12.2. The number of unbranched alkanes of at least 4 members (excludes halogenated alkanes) is 1. The Hall–Kier alpha value is 0.947. The molecule has 0 aromatic carbocycles. The van der Waals surface area contributed by atoms with Crippen LogP contribution in [-0.4, -0.2) is 5.57 Å². The van der Waals surface area contributed by atoms with Crippen LogP contribution in [0.1, 0.15) is 33.6 Å². The molecule has 0 aliphatic rings. The number of hydrogen-bond acceptors (Lipinski definition) is 0. The van der Waals surface area contributed by atoms with Crippen LogP contribution < -0.4 is 0 Å². The second-order valence-corrected chi connectivity index (χ2v) is 14.0. The van der Waals surface area contributed by atoms with Gasteiger partial charge in [0.05, 0.1) is 0 Å². The van der Waals surface area contributed by atoms with Gasteiger partial charge >= 0.3 is 0 Å². The van der Waals surface area contributed by atoms with Gasteiger partial charge in [-0.3, -0.25) is 0 Å². The number of rotatable bonds is 5. The van der Waals surface area contributed by atoms with Gasteiger partial charge in [-0.2, -0.15) is 0 Å². The molecule has 0 heterocycles. The van der Waals surface area contributed by atoms with Crippen molar-refractivity contribution in [1.82, 2.24) is 0 Å². The van der Waals surface area contributed by atoms with E-state index in [-0.39, 0.29) is 0 Å². The molecular formula is C8H19ISi. The van der Waals surface area contributed by atoms with E-state index in [1.807, 2.05) is 0 Å². The first kappa shape index (κ1) is 10.9. The lowest BCUT2D eigenvalue weighted by Gasteiger charge is -2.20. The van der Waals surface area contributed by atoms with Crippen LogP contribution in [0.25, 0.3) is 0 Å². The van der Waals surface area contributed by atoms with E-state index >= 15 is 0 Å². The Labute approximate surface area is 79.0 Å². The summed E-state index contributed by atoms with van der Waals surface area (Å²) in [6.45, 7) is 7.01. The second-order valence-electron chi connectivity index (χ2n) is 2.96. The standard InChI is InChI=1S/C8H19ISi/c1-4-7-8-10(9,5-2)6-3/h4-8H2,1-3H3. The lowest BCUT2D eigenvalue weighted by atomic mass is 10.4. The molecule has 0 aliphatic carbocycles. The zero-order chi connectivity index (χ0) is 8.04. The molecular weight excluding hydrogens is 251 g/mol. The van der Waals surface area contributed by atoms with Crippen LogP contribution in [0.3, 0.4) is 0 Å². The molecule has 0 aromatic rings. The van der Waals surface area contributed by atoms with Crippen LogP contribution in [-0.2, 0) is 0 Å². The SMILES string of the molecule is CCCC[Si](I)(CC)CC. The van der Waals surface area contributed by atoms with Crippen molar-refractivity contribution in [3.8, 4) is 0 Å². The maximum absolute atomic E-state index is 2.76. The van der Waals surface area contributed by atoms with Gasteiger partial charge in [0, 0.05) is 0 Å². The summed E-state index contributed by atoms with van der Waals surface area (Å²) in [6.07, 6.45) is 2.83. The molecule has 0 N–H and O–H groups in total. The molecule has 10 heavy (non-hydrogen) atoms. The molecule has 2 heteroatoms. The van der Waals surface area contributed by atoms with E-state index in [0.29, 0.717) is 0 Å². The van der Waals surface area contributed by atoms with Crippen LogP contribution >= 0.6 is 21.8 Å². The van der Waals surface area contributed by atoms with Crippen LogP contribution in [0.5, 0.6) is 0 Å². The Kier molecular flexibility index (Phi) is 6.11. The highest BCUT2D eigenvalue weighted by Crippen LogP contribution is 2.29. The summed E-state index contributed by atoms with van der Waals surface area (Å²) < 4.78 is 0. The maximum atomic E-state index is 2.76. The molecule has 0 bridgehead atoms. The predicted molar refractivity (Wildman–Crippen MR) is 60.5 cm³/mol. The van der Waals surface area contributed by atoms with Crippen LogP contribution in [0.15, 0.2) is 0 Å². The smallest absolute Gasteiger partial charge is 0.119 e. The summed E-state index contributed by atoms with van der Waals surface area (Å²) in [6, 6.07) is 4.46. The van der Waals surface area contributed by atoms with Crippen molar-refractivity contribution in [2.75, 3.05) is 0 Å². The summed E-state index contributed by atoms with van der Waals surface area (Å²) in [5, 5.41) is 0. The highest BCUT2D eigenvalue weighted by molar-refractivity contribution is 14.1. The third-order valence-electron chi connectivity index (χ3n) is 2.25. The topological polar surface area (TPSA) is 0 Å². The minimum absolute atomic E-state index is 0.748. The molecule has 0 unspecified atom stereocenters. The normalized spacial score (nSPS) is 12.0. The third kappa shape index (κ3) is 3.96. The Bertz CT molecular complexity index is 79.3. The van der Waals surface area contributed by atoms with Crippen molar-refractivity contribution in [3.63, 3.8) is 0 Å². The minimum atomic E-state index is -0.748. The van der Waals surface area contributed by atoms with Gasteiger partial charge in [-0.15, -0.1) is 21.8 Å². The van der Waals surface area contributed by atoms with Crippen molar-refractivity contribution in [3.05, 3.63) is 0 Å². The lowest BCUT2D eigenvalue weighted by molar-refractivity contribution is 0.867. The summed E-state index contributed by atoms with van der Waals surface area (Å²) >= 11 is 2.76. The molecule has 0 saturated heterocycles. The monoisotopic (exact) mass is 270 g/mol. The predicted octanol–water partition coefficient (Wildman–Crippen LogP) is 4.21. The van der Waals surface area contributed by atoms with Gasteiger partial charge in [0.2, 0.25) is 0 Å². The fraction of sp³-hybridized carbons (Fsp3) is 1.00. The molecule has 0 nitrogen and oxygen atoms in total. The van der Waals surface area contributed by atoms with Gasteiger partial charge in [0.1, 0.15) is 5.57 Å². The average Bonchev–Trinajstić information content (AvgIpc) is 2.00. The van der Waals surface area contributed by atoms with Crippen molar-refractivity contribution in [2.45, 2.75) is 51.7 Å².